The number of benzene rings is 1. The Bertz CT molecular complexity index is 1220. The third kappa shape index (κ3) is 8.01. The summed E-state index contributed by atoms with van der Waals surface area (Å²) in [6.07, 6.45) is 1.72. The van der Waals surface area contributed by atoms with Gasteiger partial charge in [-0.15, -0.1) is 0 Å². The first-order chi connectivity index (χ1) is 19.9. The molecule has 3 rings (SSSR count). The summed E-state index contributed by atoms with van der Waals surface area (Å²) in [5.41, 5.74) is 0.248. The van der Waals surface area contributed by atoms with Crippen LogP contribution in [0, 0.1) is 10.1 Å². The normalized spacial score (nSPS) is 19.4. The van der Waals surface area contributed by atoms with Crippen LogP contribution < -0.4 is 16.0 Å². The van der Waals surface area contributed by atoms with Crippen molar-refractivity contribution in [2.45, 2.75) is 76.5 Å². The first-order valence-corrected chi connectivity index (χ1v) is 13.8. The number of nitrogens with one attached hydrogen (secondary N) is 3. The number of rotatable bonds is 11. The summed E-state index contributed by atoms with van der Waals surface area (Å²) in [6, 6.07) is 1.87. The van der Waals surface area contributed by atoms with E-state index in [0.29, 0.717) is 44.5 Å². The van der Waals surface area contributed by atoms with E-state index in [4.69, 9.17) is 0 Å². The summed E-state index contributed by atoms with van der Waals surface area (Å²) in [5, 5.41) is 18.6. The Morgan fingerprint density at radius 1 is 0.929 bits per heavy atom. The second kappa shape index (κ2) is 14.4. The molecule has 228 valence electrons. The molecule has 2 fully saturated rings. The van der Waals surface area contributed by atoms with E-state index in [9.17, 15) is 38.9 Å². The topological polar surface area (TPSA) is 197 Å². The van der Waals surface area contributed by atoms with Crippen molar-refractivity contribution >= 4 is 46.9 Å². The number of nitro benzene ring substituents is 1. The van der Waals surface area contributed by atoms with Crippen LogP contribution >= 0.6 is 0 Å². The number of likely N-dealkylation sites (tertiary alicyclic amines) is 2. The standard InChI is InChI=1S/C27H36N6O9/c1-16(28-22(34)12-13-23(35)42-3)24(36)29-17(2)26(38)32-15-5-7-21(32)27(39)31-14-4-6-20(31)25(37)30-18-8-10-19(11-9-18)33(40)41/h8-11,16-17,20-21H,4-7,12-15H2,1-3H3,(H,28,34)(H,29,36)(H,30,37)/t16-,17-,20-,21-/m0/s1. The number of carbonyl (C=O) groups excluding carboxylic acids is 6. The van der Waals surface area contributed by atoms with Crippen molar-refractivity contribution in [2.24, 2.45) is 0 Å². The molecule has 2 aliphatic rings. The van der Waals surface area contributed by atoms with Gasteiger partial charge in [0.1, 0.15) is 24.2 Å². The summed E-state index contributed by atoms with van der Waals surface area (Å²) in [6.45, 7) is 3.58. The van der Waals surface area contributed by atoms with Gasteiger partial charge in [0.05, 0.1) is 18.5 Å². The first-order valence-electron chi connectivity index (χ1n) is 13.8. The molecule has 0 unspecified atom stereocenters. The van der Waals surface area contributed by atoms with Crippen LogP contribution in [0.25, 0.3) is 0 Å². The number of nitrogens with zero attached hydrogens (tertiary/aromatic N) is 3. The summed E-state index contributed by atoms with van der Waals surface area (Å²) in [4.78, 5) is 88.9. The van der Waals surface area contributed by atoms with E-state index in [1.165, 1.54) is 55.0 Å². The minimum atomic E-state index is -0.986. The summed E-state index contributed by atoms with van der Waals surface area (Å²) < 4.78 is 4.48. The molecule has 0 spiro atoms. The van der Waals surface area contributed by atoms with Gasteiger partial charge in [-0.05, 0) is 51.7 Å². The molecule has 0 bridgehead atoms. The van der Waals surface area contributed by atoms with Gasteiger partial charge in [0.25, 0.3) is 5.69 Å². The van der Waals surface area contributed by atoms with E-state index in [1.807, 2.05) is 0 Å². The number of nitro groups is 1. The smallest absolute Gasteiger partial charge is 0.306 e. The van der Waals surface area contributed by atoms with Crippen molar-refractivity contribution in [2.75, 3.05) is 25.5 Å². The van der Waals surface area contributed by atoms with Crippen molar-refractivity contribution in [3.8, 4) is 0 Å². The van der Waals surface area contributed by atoms with Crippen LogP contribution in [0.15, 0.2) is 24.3 Å². The van der Waals surface area contributed by atoms with Crippen molar-refractivity contribution in [1.82, 2.24) is 20.4 Å². The maximum Gasteiger partial charge on any atom is 0.306 e. The Kier molecular flexibility index (Phi) is 10.9. The Balaban J connectivity index is 1.57. The lowest BCUT2D eigenvalue weighted by atomic mass is 10.1. The Morgan fingerprint density at radius 3 is 2.17 bits per heavy atom. The molecule has 5 amide bonds. The van der Waals surface area contributed by atoms with E-state index in [0.717, 1.165) is 0 Å². The Hall–Kier alpha value is -4.56. The third-order valence-electron chi connectivity index (χ3n) is 7.29. The van der Waals surface area contributed by atoms with E-state index in [1.54, 1.807) is 0 Å². The molecule has 0 aromatic heterocycles. The zero-order valence-electron chi connectivity index (χ0n) is 23.8. The molecule has 2 saturated heterocycles. The van der Waals surface area contributed by atoms with Gasteiger partial charge in [-0.25, -0.2) is 0 Å². The molecule has 0 saturated carbocycles. The average molecular weight is 589 g/mol. The van der Waals surface area contributed by atoms with Gasteiger partial charge in [-0.1, -0.05) is 0 Å². The van der Waals surface area contributed by atoms with Crippen molar-refractivity contribution in [3.63, 3.8) is 0 Å². The lowest BCUT2D eigenvalue weighted by Gasteiger charge is -2.32. The van der Waals surface area contributed by atoms with Crippen molar-refractivity contribution < 1.29 is 38.4 Å². The van der Waals surface area contributed by atoms with Gasteiger partial charge in [0.2, 0.25) is 29.5 Å². The van der Waals surface area contributed by atoms with Gasteiger partial charge in [0, 0.05) is 37.3 Å². The molecule has 0 radical (unpaired) electrons. The highest BCUT2D eigenvalue weighted by molar-refractivity contribution is 5.99. The summed E-state index contributed by atoms with van der Waals surface area (Å²) >= 11 is 0. The first kappa shape index (κ1) is 32.0. The Morgan fingerprint density at radius 2 is 1.55 bits per heavy atom. The zero-order valence-corrected chi connectivity index (χ0v) is 23.8. The van der Waals surface area contributed by atoms with Crippen LogP contribution in [0.5, 0.6) is 0 Å². The highest BCUT2D eigenvalue weighted by Crippen LogP contribution is 2.26. The van der Waals surface area contributed by atoms with Crippen LogP contribution in [0.3, 0.4) is 0 Å². The molecule has 42 heavy (non-hydrogen) atoms. The number of amides is 5. The van der Waals surface area contributed by atoms with Crippen molar-refractivity contribution in [1.29, 1.82) is 0 Å². The molecular weight excluding hydrogens is 552 g/mol. The summed E-state index contributed by atoms with van der Waals surface area (Å²) in [7, 11) is 1.21. The largest absolute Gasteiger partial charge is 0.469 e. The van der Waals surface area contributed by atoms with Crippen molar-refractivity contribution in [3.05, 3.63) is 34.4 Å². The number of anilines is 1. The number of non-ortho nitro benzene ring substituents is 1. The molecular formula is C27H36N6O9. The SMILES string of the molecule is COC(=O)CCC(=O)N[C@@H](C)C(=O)N[C@@H](C)C(=O)N1CCC[C@H]1C(=O)N1CCC[C@H]1C(=O)Nc1ccc([N+](=O)[O-])cc1. The minimum absolute atomic E-state index is 0.114. The van der Waals surface area contributed by atoms with Gasteiger partial charge in [-0.2, -0.15) is 0 Å². The fourth-order valence-corrected chi connectivity index (χ4v) is 5.02. The second-order valence-corrected chi connectivity index (χ2v) is 10.3. The molecule has 3 N–H and O–H groups in total. The second-order valence-electron chi connectivity index (χ2n) is 10.3. The average Bonchev–Trinajstić information content (AvgIpc) is 3.66. The molecule has 2 heterocycles. The fourth-order valence-electron chi connectivity index (χ4n) is 5.02. The lowest BCUT2D eigenvalue weighted by Crippen LogP contribution is -2.56. The van der Waals surface area contributed by atoms with E-state index in [2.05, 4.69) is 20.7 Å². The van der Waals surface area contributed by atoms with Crippen LogP contribution in [0.2, 0.25) is 0 Å². The van der Waals surface area contributed by atoms with E-state index < -0.39 is 58.7 Å². The van der Waals surface area contributed by atoms with Gasteiger partial charge in [0.15, 0.2) is 0 Å². The number of hydrogen-bond donors (Lipinski definition) is 3. The predicted molar refractivity (Wildman–Crippen MR) is 148 cm³/mol. The van der Waals surface area contributed by atoms with Crippen LogP contribution in [-0.2, 0) is 33.5 Å². The number of ether oxygens (including phenoxy) is 1. The highest BCUT2D eigenvalue weighted by atomic mass is 16.6. The molecule has 15 heteroatoms. The Labute approximate surface area is 242 Å². The number of hydrogen-bond acceptors (Lipinski definition) is 9. The molecule has 0 aliphatic carbocycles. The highest BCUT2D eigenvalue weighted by Gasteiger charge is 2.43. The molecule has 1 aromatic carbocycles. The van der Waals surface area contributed by atoms with E-state index in [-0.39, 0.29) is 24.4 Å². The number of carbonyl (C=O) groups is 6. The van der Waals surface area contributed by atoms with Gasteiger partial charge in [-0.3, -0.25) is 38.9 Å². The van der Waals surface area contributed by atoms with Gasteiger partial charge < -0.3 is 30.5 Å². The van der Waals surface area contributed by atoms with Crippen LogP contribution in [-0.4, -0.2) is 94.6 Å². The lowest BCUT2D eigenvalue weighted by molar-refractivity contribution is -0.384. The molecule has 15 nitrogen and oxygen atoms in total. The van der Waals surface area contributed by atoms with Gasteiger partial charge >= 0.3 is 5.97 Å². The van der Waals surface area contributed by atoms with Crippen LogP contribution in [0.4, 0.5) is 11.4 Å². The minimum Gasteiger partial charge on any atom is -0.469 e. The van der Waals surface area contributed by atoms with Crippen LogP contribution in [0.1, 0.15) is 52.4 Å². The third-order valence-corrected chi connectivity index (χ3v) is 7.29. The maximum atomic E-state index is 13.6. The predicted octanol–water partition coefficient (Wildman–Crippen LogP) is 0.478. The molecule has 1 aromatic rings. The monoisotopic (exact) mass is 588 g/mol. The number of methoxy groups -OCH3 is 1. The quantitative estimate of drug-likeness (QED) is 0.187. The molecule has 2 aliphatic heterocycles. The molecule has 4 atom stereocenters. The maximum absolute atomic E-state index is 13.6. The van der Waals surface area contributed by atoms with E-state index >= 15 is 0 Å². The zero-order chi connectivity index (χ0) is 31.0. The number of esters is 1. The fraction of sp³-hybridized carbons (Fsp3) is 0.556. The summed E-state index contributed by atoms with van der Waals surface area (Å²) in [5.74, 6) is -2.92.